The van der Waals surface area contributed by atoms with E-state index in [0.717, 1.165) is 24.8 Å². The predicted octanol–water partition coefficient (Wildman–Crippen LogP) is 2.66. The van der Waals surface area contributed by atoms with Gasteiger partial charge in [-0.15, -0.1) is 0 Å². The number of benzene rings is 2. The number of nitrogens with two attached hydrogens (primary N) is 1. The third-order valence-electron chi connectivity index (χ3n) is 4.94. The van der Waals surface area contributed by atoms with Crippen LogP contribution in [-0.2, 0) is 22.9 Å². The van der Waals surface area contributed by atoms with Crippen LogP contribution in [0.15, 0.2) is 47.4 Å². The average molecular weight is 358 g/mol. The first kappa shape index (κ1) is 17.6. The second kappa shape index (κ2) is 6.61. The number of carbonyl (C=O) groups is 1. The second-order valence-electron chi connectivity index (χ2n) is 6.54. The zero-order valence-electron chi connectivity index (χ0n) is 14.4. The molecule has 25 heavy (non-hydrogen) atoms. The normalized spacial score (nSPS) is 14.8. The SMILES string of the molecule is CC(c1ccc(S(N)(=O)=O)cc1)N(C)C(=O)c1ccc2c(c1)CCC2. The highest BCUT2D eigenvalue weighted by atomic mass is 32.2. The van der Waals surface area contributed by atoms with E-state index >= 15 is 0 Å². The Morgan fingerprint density at radius 2 is 1.72 bits per heavy atom. The molecule has 1 unspecified atom stereocenters. The molecule has 1 atom stereocenters. The molecule has 1 aliphatic rings. The molecular formula is C19H22N2O3S. The fourth-order valence-electron chi connectivity index (χ4n) is 3.24. The van der Waals surface area contributed by atoms with Crippen molar-refractivity contribution in [1.82, 2.24) is 4.90 Å². The van der Waals surface area contributed by atoms with Gasteiger partial charge in [0, 0.05) is 12.6 Å². The summed E-state index contributed by atoms with van der Waals surface area (Å²) in [6.45, 7) is 1.91. The van der Waals surface area contributed by atoms with Crippen LogP contribution >= 0.6 is 0 Å². The zero-order valence-corrected chi connectivity index (χ0v) is 15.2. The van der Waals surface area contributed by atoms with Crippen molar-refractivity contribution in [1.29, 1.82) is 0 Å². The number of nitrogens with zero attached hydrogens (tertiary/aromatic N) is 1. The number of fused-ring (bicyclic) bond motifs is 1. The van der Waals surface area contributed by atoms with Gasteiger partial charge >= 0.3 is 0 Å². The number of hydrogen-bond acceptors (Lipinski definition) is 3. The van der Waals surface area contributed by atoms with Crippen LogP contribution in [0.25, 0.3) is 0 Å². The minimum atomic E-state index is -3.71. The van der Waals surface area contributed by atoms with Crippen molar-refractivity contribution in [3.63, 3.8) is 0 Å². The average Bonchev–Trinajstić information content (AvgIpc) is 3.06. The second-order valence-corrected chi connectivity index (χ2v) is 8.10. The van der Waals surface area contributed by atoms with Gasteiger partial charge in [0.25, 0.3) is 5.91 Å². The summed E-state index contributed by atoms with van der Waals surface area (Å²) in [5.41, 5.74) is 4.15. The molecule has 0 spiro atoms. The Kier molecular flexibility index (Phi) is 4.67. The van der Waals surface area contributed by atoms with E-state index in [-0.39, 0.29) is 16.8 Å². The van der Waals surface area contributed by atoms with Crippen LogP contribution in [0.5, 0.6) is 0 Å². The minimum absolute atomic E-state index is 0.0438. The van der Waals surface area contributed by atoms with Gasteiger partial charge in [-0.05, 0) is 67.1 Å². The molecule has 3 rings (SSSR count). The summed E-state index contributed by atoms with van der Waals surface area (Å²) in [5.74, 6) is -0.0438. The zero-order chi connectivity index (χ0) is 18.2. The number of rotatable bonds is 4. The van der Waals surface area contributed by atoms with Gasteiger partial charge in [-0.2, -0.15) is 0 Å². The third-order valence-corrected chi connectivity index (χ3v) is 5.87. The molecule has 0 aliphatic heterocycles. The molecule has 0 radical (unpaired) electrons. The van der Waals surface area contributed by atoms with E-state index in [2.05, 4.69) is 6.07 Å². The highest BCUT2D eigenvalue weighted by Gasteiger charge is 2.21. The Hall–Kier alpha value is -2.18. The topological polar surface area (TPSA) is 80.5 Å². The lowest BCUT2D eigenvalue weighted by Crippen LogP contribution is -2.29. The van der Waals surface area contributed by atoms with Gasteiger partial charge in [-0.1, -0.05) is 18.2 Å². The van der Waals surface area contributed by atoms with Crippen LogP contribution in [-0.4, -0.2) is 26.3 Å². The molecule has 6 heteroatoms. The van der Waals surface area contributed by atoms with Crippen molar-refractivity contribution in [3.8, 4) is 0 Å². The van der Waals surface area contributed by atoms with Crippen molar-refractivity contribution < 1.29 is 13.2 Å². The molecule has 0 aromatic heterocycles. The quantitative estimate of drug-likeness (QED) is 0.912. The Morgan fingerprint density at radius 1 is 1.08 bits per heavy atom. The smallest absolute Gasteiger partial charge is 0.254 e. The van der Waals surface area contributed by atoms with E-state index in [1.807, 2.05) is 19.1 Å². The number of hydrogen-bond donors (Lipinski definition) is 1. The molecule has 5 nitrogen and oxygen atoms in total. The number of carbonyl (C=O) groups excluding carboxylic acids is 1. The van der Waals surface area contributed by atoms with Crippen molar-refractivity contribution >= 4 is 15.9 Å². The van der Waals surface area contributed by atoms with Crippen molar-refractivity contribution in [2.24, 2.45) is 5.14 Å². The fraction of sp³-hybridized carbons (Fsp3) is 0.316. The molecule has 0 saturated carbocycles. The maximum atomic E-state index is 12.8. The Balaban J connectivity index is 1.79. The first-order chi connectivity index (χ1) is 11.8. The Bertz CT molecular complexity index is 905. The third kappa shape index (κ3) is 3.60. The summed E-state index contributed by atoms with van der Waals surface area (Å²) in [7, 11) is -1.95. The summed E-state index contributed by atoms with van der Waals surface area (Å²) >= 11 is 0. The maximum Gasteiger partial charge on any atom is 0.254 e. The largest absolute Gasteiger partial charge is 0.335 e. The van der Waals surface area contributed by atoms with Crippen LogP contribution < -0.4 is 5.14 Å². The molecule has 2 N–H and O–H groups in total. The van der Waals surface area contributed by atoms with Gasteiger partial charge in [0.15, 0.2) is 0 Å². The molecule has 0 heterocycles. The van der Waals surface area contributed by atoms with Crippen molar-refractivity contribution in [3.05, 3.63) is 64.7 Å². The maximum absolute atomic E-state index is 12.8. The molecule has 1 amide bonds. The van der Waals surface area contributed by atoms with Crippen molar-refractivity contribution in [2.45, 2.75) is 37.1 Å². The Morgan fingerprint density at radius 3 is 2.36 bits per heavy atom. The number of sulfonamides is 1. The first-order valence-corrected chi connectivity index (χ1v) is 9.84. The number of amides is 1. The van der Waals surface area contributed by atoms with Gasteiger partial charge in [0.2, 0.25) is 10.0 Å². The summed E-state index contributed by atoms with van der Waals surface area (Å²) < 4.78 is 22.7. The van der Waals surface area contributed by atoms with Gasteiger partial charge in [-0.3, -0.25) is 4.79 Å². The molecule has 2 aromatic carbocycles. The van der Waals surface area contributed by atoms with E-state index in [1.165, 1.54) is 23.3 Å². The van der Waals surface area contributed by atoms with Crippen LogP contribution in [0, 0.1) is 0 Å². The van der Waals surface area contributed by atoms with Gasteiger partial charge in [-0.25, -0.2) is 13.6 Å². The van der Waals surface area contributed by atoms with Crippen LogP contribution in [0.4, 0.5) is 0 Å². The van der Waals surface area contributed by atoms with E-state index in [9.17, 15) is 13.2 Å². The summed E-state index contributed by atoms with van der Waals surface area (Å²) in [5, 5.41) is 5.12. The lowest BCUT2D eigenvalue weighted by molar-refractivity contribution is 0.0742. The van der Waals surface area contributed by atoms with E-state index < -0.39 is 10.0 Å². The molecular weight excluding hydrogens is 336 g/mol. The lowest BCUT2D eigenvalue weighted by atomic mass is 10.0. The molecule has 0 saturated heterocycles. The summed E-state index contributed by atoms with van der Waals surface area (Å²) in [4.78, 5) is 14.5. The van der Waals surface area contributed by atoms with Crippen LogP contribution in [0.2, 0.25) is 0 Å². The molecule has 0 bridgehead atoms. The molecule has 132 valence electrons. The highest BCUT2D eigenvalue weighted by molar-refractivity contribution is 7.89. The van der Waals surface area contributed by atoms with E-state index in [0.29, 0.717) is 5.56 Å². The van der Waals surface area contributed by atoms with E-state index in [4.69, 9.17) is 5.14 Å². The highest BCUT2D eigenvalue weighted by Crippen LogP contribution is 2.26. The fourth-order valence-corrected chi connectivity index (χ4v) is 3.76. The standard InChI is InChI=1S/C19H22N2O3S/c1-13(14-8-10-18(11-9-14)25(20,23)24)21(2)19(22)17-7-6-15-4-3-5-16(15)12-17/h6-13H,3-5H2,1-2H3,(H2,20,23,24). The van der Waals surface area contributed by atoms with Gasteiger partial charge in [0.1, 0.15) is 0 Å². The lowest BCUT2D eigenvalue weighted by Gasteiger charge is -2.26. The number of primary sulfonamides is 1. The summed E-state index contributed by atoms with van der Waals surface area (Å²) in [6, 6.07) is 12.1. The minimum Gasteiger partial charge on any atom is -0.335 e. The molecule has 0 fully saturated rings. The number of aryl methyl sites for hydroxylation is 2. The van der Waals surface area contributed by atoms with E-state index in [1.54, 1.807) is 24.1 Å². The molecule has 2 aromatic rings. The van der Waals surface area contributed by atoms with Crippen LogP contribution in [0.3, 0.4) is 0 Å². The van der Waals surface area contributed by atoms with Gasteiger partial charge in [0.05, 0.1) is 10.9 Å². The first-order valence-electron chi connectivity index (χ1n) is 8.29. The van der Waals surface area contributed by atoms with Crippen molar-refractivity contribution in [2.75, 3.05) is 7.05 Å². The van der Waals surface area contributed by atoms with Gasteiger partial charge < -0.3 is 4.90 Å². The summed E-state index contributed by atoms with van der Waals surface area (Å²) in [6.07, 6.45) is 3.27. The monoisotopic (exact) mass is 358 g/mol. The molecule has 1 aliphatic carbocycles. The predicted molar refractivity (Wildman–Crippen MR) is 96.8 cm³/mol. The van der Waals surface area contributed by atoms with Crippen LogP contribution in [0.1, 0.15) is 46.4 Å². The Labute approximate surface area is 148 Å².